The highest BCUT2D eigenvalue weighted by molar-refractivity contribution is 7.15. The van der Waals surface area contributed by atoms with Crippen LogP contribution >= 0.6 is 22.9 Å². The molecule has 1 rings (SSSR count). The van der Waals surface area contributed by atoms with Crippen molar-refractivity contribution >= 4 is 34.8 Å². The molecule has 0 saturated carbocycles. The Kier molecular flexibility index (Phi) is 3.88. The summed E-state index contributed by atoms with van der Waals surface area (Å²) in [7, 11) is 0. The van der Waals surface area contributed by atoms with E-state index in [2.05, 4.69) is 11.9 Å². The minimum absolute atomic E-state index is 0.129. The molecule has 1 aromatic heterocycles. The second kappa shape index (κ2) is 4.95. The largest absolute Gasteiger partial charge is 0.477 e. The fourth-order valence-corrected chi connectivity index (χ4v) is 1.67. The average Bonchev–Trinajstić information content (AvgIpc) is 2.62. The van der Waals surface area contributed by atoms with Crippen molar-refractivity contribution in [2.75, 3.05) is 6.54 Å². The van der Waals surface area contributed by atoms with E-state index in [0.717, 1.165) is 11.3 Å². The van der Waals surface area contributed by atoms with E-state index in [1.807, 2.05) is 0 Å². The van der Waals surface area contributed by atoms with Gasteiger partial charge in [0.1, 0.15) is 4.88 Å². The molecule has 0 bridgehead atoms. The van der Waals surface area contributed by atoms with Gasteiger partial charge in [-0.1, -0.05) is 18.2 Å². The number of hydrogen-bond donors (Lipinski definition) is 2. The second-order valence-corrected chi connectivity index (χ2v) is 4.29. The molecule has 0 spiro atoms. The summed E-state index contributed by atoms with van der Waals surface area (Å²) in [5.74, 6) is -1.39. The molecule has 0 aliphatic rings. The van der Waals surface area contributed by atoms with Gasteiger partial charge in [-0.25, -0.2) is 4.79 Å². The van der Waals surface area contributed by atoms with E-state index in [0.29, 0.717) is 9.91 Å². The van der Waals surface area contributed by atoms with Crippen LogP contribution in [-0.2, 0) is 0 Å². The number of nitrogens with one attached hydrogen (secondary N) is 1. The number of carboxylic acids is 1. The SMILES string of the molecule is C=C(Cl)CNC(=O)c1ccc(C(=O)O)s1. The summed E-state index contributed by atoms with van der Waals surface area (Å²) in [4.78, 5) is 22.4. The second-order valence-electron chi connectivity index (χ2n) is 2.67. The number of halogens is 1. The van der Waals surface area contributed by atoms with Gasteiger partial charge in [-0.3, -0.25) is 4.79 Å². The number of carbonyl (C=O) groups is 2. The van der Waals surface area contributed by atoms with Crippen LogP contribution in [-0.4, -0.2) is 23.5 Å². The molecular formula is C9H8ClNO3S. The summed E-state index contributed by atoms with van der Waals surface area (Å²) in [6.45, 7) is 3.58. The highest BCUT2D eigenvalue weighted by Gasteiger charge is 2.12. The molecule has 80 valence electrons. The van der Waals surface area contributed by atoms with Gasteiger partial charge in [0, 0.05) is 5.03 Å². The molecule has 0 unspecified atom stereocenters. The predicted molar refractivity (Wildman–Crippen MR) is 58.6 cm³/mol. The van der Waals surface area contributed by atoms with E-state index >= 15 is 0 Å². The summed E-state index contributed by atoms with van der Waals surface area (Å²) in [5, 5.41) is 11.5. The van der Waals surface area contributed by atoms with Crippen LogP contribution in [0.15, 0.2) is 23.7 Å². The van der Waals surface area contributed by atoms with Crippen molar-refractivity contribution in [1.29, 1.82) is 0 Å². The number of rotatable bonds is 4. The molecular weight excluding hydrogens is 238 g/mol. The van der Waals surface area contributed by atoms with Crippen molar-refractivity contribution in [3.8, 4) is 0 Å². The van der Waals surface area contributed by atoms with Gasteiger partial charge in [-0.15, -0.1) is 11.3 Å². The Labute approximate surface area is 95.2 Å². The minimum atomic E-state index is -1.04. The van der Waals surface area contributed by atoms with Crippen molar-refractivity contribution in [2.24, 2.45) is 0 Å². The topological polar surface area (TPSA) is 66.4 Å². The Hall–Kier alpha value is -1.33. The minimum Gasteiger partial charge on any atom is -0.477 e. The Morgan fingerprint density at radius 2 is 2.07 bits per heavy atom. The van der Waals surface area contributed by atoms with Crippen LogP contribution in [0.3, 0.4) is 0 Å². The molecule has 0 atom stereocenters. The number of thiophene rings is 1. The number of hydrogen-bond acceptors (Lipinski definition) is 3. The van der Waals surface area contributed by atoms with Crippen molar-refractivity contribution < 1.29 is 14.7 Å². The predicted octanol–water partition coefficient (Wildman–Crippen LogP) is 1.93. The summed E-state index contributed by atoms with van der Waals surface area (Å²) in [5.41, 5.74) is 0. The zero-order chi connectivity index (χ0) is 11.4. The maximum Gasteiger partial charge on any atom is 0.345 e. The molecule has 4 nitrogen and oxygen atoms in total. The van der Waals surface area contributed by atoms with Gasteiger partial charge >= 0.3 is 5.97 Å². The van der Waals surface area contributed by atoms with Crippen LogP contribution in [0.2, 0.25) is 0 Å². The third kappa shape index (κ3) is 3.38. The number of carboxylic acid groups (broad SMARTS) is 1. The van der Waals surface area contributed by atoms with E-state index in [1.54, 1.807) is 0 Å². The molecule has 6 heteroatoms. The normalized spacial score (nSPS) is 9.67. The average molecular weight is 246 g/mol. The van der Waals surface area contributed by atoms with E-state index in [9.17, 15) is 9.59 Å². The maximum absolute atomic E-state index is 11.4. The van der Waals surface area contributed by atoms with Crippen molar-refractivity contribution in [3.63, 3.8) is 0 Å². The molecule has 0 aliphatic heterocycles. The van der Waals surface area contributed by atoms with Gasteiger partial charge < -0.3 is 10.4 Å². The standard InChI is InChI=1S/C9H8ClNO3S/c1-5(10)4-11-8(12)6-2-3-7(15-6)9(13)14/h2-3H,1,4H2,(H,11,12)(H,13,14). The fraction of sp³-hybridized carbons (Fsp3) is 0.111. The van der Waals surface area contributed by atoms with Crippen LogP contribution in [0.5, 0.6) is 0 Å². The molecule has 1 heterocycles. The molecule has 1 aromatic rings. The number of aromatic carboxylic acids is 1. The molecule has 0 aromatic carbocycles. The van der Waals surface area contributed by atoms with Gasteiger partial charge in [0.15, 0.2) is 0 Å². The summed E-state index contributed by atoms with van der Waals surface area (Å²) < 4.78 is 0. The Bertz CT molecular complexity index is 413. The van der Waals surface area contributed by atoms with Crippen molar-refractivity contribution in [3.05, 3.63) is 33.5 Å². The van der Waals surface area contributed by atoms with Gasteiger partial charge in [0.25, 0.3) is 5.91 Å². The smallest absolute Gasteiger partial charge is 0.345 e. The van der Waals surface area contributed by atoms with Crippen molar-refractivity contribution in [2.45, 2.75) is 0 Å². The van der Waals surface area contributed by atoms with Gasteiger partial charge in [0.05, 0.1) is 11.4 Å². The molecule has 0 fully saturated rings. The highest BCUT2D eigenvalue weighted by atomic mass is 35.5. The van der Waals surface area contributed by atoms with Crippen LogP contribution in [0.25, 0.3) is 0 Å². The van der Waals surface area contributed by atoms with E-state index in [-0.39, 0.29) is 17.3 Å². The summed E-state index contributed by atoms with van der Waals surface area (Å²) in [6.07, 6.45) is 0. The first-order valence-corrected chi connectivity index (χ1v) is 5.14. The van der Waals surface area contributed by atoms with Gasteiger partial charge in [0.2, 0.25) is 0 Å². The number of amides is 1. The molecule has 15 heavy (non-hydrogen) atoms. The lowest BCUT2D eigenvalue weighted by molar-refractivity contribution is 0.0702. The Morgan fingerprint density at radius 1 is 1.47 bits per heavy atom. The van der Waals surface area contributed by atoms with Crippen LogP contribution in [0, 0.1) is 0 Å². The zero-order valence-corrected chi connectivity index (χ0v) is 9.19. The molecule has 2 N–H and O–H groups in total. The lowest BCUT2D eigenvalue weighted by atomic mass is 10.4. The zero-order valence-electron chi connectivity index (χ0n) is 7.62. The summed E-state index contributed by atoms with van der Waals surface area (Å²) >= 11 is 6.38. The Balaban J connectivity index is 2.66. The highest BCUT2D eigenvalue weighted by Crippen LogP contribution is 2.16. The van der Waals surface area contributed by atoms with Crippen LogP contribution in [0.1, 0.15) is 19.3 Å². The van der Waals surface area contributed by atoms with Gasteiger partial charge in [-0.2, -0.15) is 0 Å². The third-order valence-corrected chi connectivity index (χ3v) is 2.69. The van der Waals surface area contributed by atoms with Gasteiger partial charge in [-0.05, 0) is 12.1 Å². The van der Waals surface area contributed by atoms with E-state index in [1.165, 1.54) is 12.1 Å². The van der Waals surface area contributed by atoms with Crippen LogP contribution < -0.4 is 5.32 Å². The molecule has 0 aliphatic carbocycles. The van der Waals surface area contributed by atoms with Crippen molar-refractivity contribution in [1.82, 2.24) is 5.32 Å². The number of carbonyl (C=O) groups excluding carboxylic acids is 1. The quantitative estimate of drug-likeness (QED) is 0.852. The fourth-order valence-electron chi connectivity index (χ4n) is 0.838. The van der Waals surface area contributed by atoms with Crippen LogP contribution in [0.4, 0.5) is 0 Å². The summed E-state index contributed by atoms with van der Waals surface area (Å²) in [6, 6.07) is 2.85. The first kappa shape index (κ1) is 11.7. The monoisotopic (exact) mass is 245 g/mol. The van der Waals surface area contributed by atoms with E-state index < -0.39 is 5.97 Å². The first-order valence-electron chi connectivity index (χ1n) is 3.95. The molecule has 0 saturated heterocycles. The first-order chi connectivity index (χ1) is 7.00. The maximum atomic E-state index is 11.4. The Morgan fingerprint density at radius 3 is 2.53 bits per heavy atom. The lowest BCUT2D eigenvalue weighted by Crippen LogP contribution is -2.23. The molecule has 0 radical (unpaired) electrons. The third-order valence-electron chi connectivity index (χ3n) is 1.48. The lowest BCUT2D eigenvalue weighted by Gasteiger charge is -2.00. The molecule has 1 amide bonds. The van der Waals surface area contributed by atoms with E-state index in [4.69, 9.17) is 16.7 Å².